The first-order valence-corrected chi connectivity index (χ1v) is 7.12. The number of nitrogens with one attached hydrogen (secondary N) is 1. The molecule has 0 bridgehead atoms. The predicted octanol–water partition coefficient (Wildman–Crippen LogP) is 3.91. The van der Waals surface area contributed by atoms with E-state index in [-0.39, 0.29) is 6.04 Å². The van der Waals surface area contributed by atoms with Gasteiger partial charge in [-0.2, -0.15) is 5.10 Å². The van der Waals surface area contributed by atoms with Gasteiger partial charge in [0.1, 0.15) is 0 Å². The first kappa shape index (κ1) is 14.4. The summed E-state index contributed by atoms with van der Waals surface area (Å²) in [6.45, 7) is 5.84. The third kappa shape index (κ3) is 3.30. The van der Waals surface area contributed by atoms with E-state index in [1.807, 2.05) is 29.2 Å². The molecule has 0 aliphatic rings. The highest BCUT2D eigenvalue weighted by Gasteiger charge is 2.17. The highest BCUT2D eigenvalue weighted by atomic mass is 35.5. The molecule has 1 N–H and O–H groups in total. The van der Waals surface area contributed by atoms with Crippen LogP contribution in [0, 0.1) is 0 Å². The van der Waals surface area contributed by atoms with Crippen molar-refractivity contribution in [2.24, 2.45) is 0 Å². The molecule has 0 amide bonds. The van der Waals surface area contributed by atoms with E-state index >= 15 is 0 Å². The summed E-state index contributed by atoms with van der Waals surface area (Å²) in [4.78, 5) is 0. The smallest absolute Gasteiger partial charge is 0.0622 e. The molecular formula is C14H17Cl2N3. The molecular weight excluding hydrogens is 281 g/mol. The molecule has 0 aliphatic heterocycles. The minimum absolute atomic E-state index is 0.0371. The number of aromatic nitrogens is 2. The van der Waals surface area contributed by atoms with E-state index in [0.29, 0.717) is 10.0 Å². The Morgan fingerprint density at radius 2 is 2.11 bits per heavy atom. The normalized spacial score (nSPS) is 12.6. The Hall–Kier alpha value is -1.03. The standard InChI is InChI=1S/C14H17Cl2N3/c1-3-17-14(10-8-18-19(4-2)9-10)12-6-5-11(15)7-13(12)16/h5-9,14,17H,3-4H2,1-2H3. The van der Waals surface area contributed by atoms with Gasteiger partial charge in [0, 0.05) is 28.4 Å². The van der Waals surface area contributed by atoms with Crippen molar-refractivity contribution >= 4 is 23.2 Å². The van der Waals surface area contributed by atoms with Gasteiger partial charge in [-0.3, -0.25) is 4.68 Å². The summed E-state index contributed by atoms with van der Waals surface area (Å²) in [5.74, 6) is 0. The molecule has 5 heteroatoms. The fraction of sp³-hybridized carbons (Fsp3) is 0.357. The molecule has 3 nitrogen and oxygen atoms in total. The third-order valence-corrected chi connectivity index (χ3v) is 3.55. The van der Waals surface area contributed by atoms with Crippen molar-refractivity contribution in [2.75, 3.05) is 6.54 Å². The predicted molar refractivity (Wildman–Crippen MR) is 79.9 cm³/mol. The van der Waals surface area contributed by atoms with E-state index in [9.17, 15) is 0 Å². The molecule has 0 fully saturated rings. The second-order valence-corrected chi connectivity index (χ2v) is 5.13. The number of benzene rings is 1. The minimum Gasteiger partial charge on any atom is -0.306 e. The highest BCUT2D eigenvalue weighted by molar-refractivity contribution is 6.35. The SMILES string of the molecule is CCNC(c1cnn(CC)c1)c1ccc(Cl)cc1Cl. The van der Waals surface area contributed by atoms with Crippen molar-refractivity contribution in [3.63, 3.8) is 0 Å². The van der Waals surface area contributed by atoms with Crippen LogP contribution in [0.3, 0.4) is 0 Å². The van der Waals surface area contributed by atoms with Gasteiger partial charge in [0.05, 0.1) is 12.2 Å². The summed E-state index contributed by atoms with van der Waals surface area (Å²) < 4.78 is 1.91. The van der Waals surface area contributed by atoms with E-state index in [2.05, 4.69) is 24.3 Å². The fourth-order valence-corrected chi connectivity index (χ4v) is 2.57. The Kier molecular flexibility index (Phi) is 4.86. The van der Waals surface area contributed by atoms with Crippen LogP contribution < -0.4 is 5.32 Å². The summed E-state index contributed by atoms with van der Waals surface area (Å²) in [7, 11) is 0. The number of rotatable bonds is 5. The maximum atomic E-state index is 6.30. The summed E-state index contributed by atoms with van der Waals surface area (Å²) in [5.41, 5.74) is 2.12. The zero-order valence-electron chi connectivity index (χ0n) is 11.0. The van der Waals surface area contributed by atoms with Crippen molar-refractivity contribution in [1.82, 2.24) is 15.1 Å². The van der Waals surface area contributed by atoms with Crippen LogP contribution in [0.1, 0.15) is 31.0 Å². The van der Waals surface area contributed by atoms with Crippen LogP contribution >= 0.6 is 23.2 Å². The molecule has 0 saturated carbocycles. The van der Waals surface area contributed by atoms with E-state index in [1.54, 1.807) is 6.07 Å². The average Bonchev–Trinajstić information content (AvgIpc) is 2.85. The van der Waals surface area contributed by atoms with Gasteiger partial charge in [0.25, 0.3) is 0 Å². The van der Waals surface area contributed by atoms with E-state index < -0.39 is 0 Å². The molecule has 1 heterocycles. The van der Waals surface area contributed by atoms with Crippen LogP contribution in [0.5, 0.6) is 0 Å². The Balaban J connectivity index is 2.38. The van der Waals surface area contributed by atoms with Crippen LogP contribution in [0.15, 0.2) is 30.6 Å². The second kappa shape index (κ2) is 6.42. The van der Waals surface area contributed by atoms with Crippen molar-refractivity contribution in [3.05, 3.63) is 51.8 Å². The first-order chi connectivity index (χ1) is 9.15. The molecule has 102 valence electrons. The molecule has 19 heavy (non-hydrogen) atoms. The second-order valence-electron chi connectivity index (χ2n) is 4.29. The van der Waals surface area contributed by atoms with Gasteiger partial charge in [0.2, 0.25) is 0 Å². The maximum Gasteiger partial charge on any atom is 0.0622 e. The average molecular weight is 298 g/mol. The highest BCUT2D eigenvalue weighted by Crippen LogP contribution is 2.30. The molecule has 0 radical (unpaired) electrons. The molecule has 0 aliphatic carbocycles. The monoisotopic (exact) mass is 297 g/mol. The maximum absolute atomic E-state index is 6.30. The van der Waals surface area contributed by atoms with E-state index in [1.165, 1.54) is 0 Å². The summed E-state index contributed by atoms with van der Waals surface area (Å²) in [6.07, 6.45) is 3.92. The molecule has 2 aromatic rings. The van der Waals surface area contributed by atoms with Crippen molar-refractivity contribution in [2.45, 2.75) is 26.4 Å². The van der Waals surface area contributed by atoms with Crippen LogP contribution in [0.4, 0.5) is 0 Å². The van der Waals surface area contributed by atoms with E-state index in [4.69, 9.17) is 23.2 Å². The number of halogens is 2. The van der Waals surface area contributed by atoms with E-state index in [0.717, 1.165) is 24.2 Å². The van der Waals surface area contributed by atoms with Crippen LogP contribution in [-0.4, -0.2) is 16.3 Å². The Morgan fingerprint density at radius 3 is 2.68 bits per heavy atom. The topological polar surface area (TPSA) is 29.9 Å². The van der Waals surface area contributed by atoms with Crippen LogP contribution in [-0.2, 0) is 6.54 Å². The van der Waals surface area contributed by atoms with Gasteiger partial charge < -0.3 is 5.32 Å². The van der Waals surface area contributed by atoms with Crippen molar-refractivity contribution < 1.29 is 0 Å². The number of hydrogen-bond acceptors (Lipinski definition) is 2. The summed E-state index contributed by atoms with van der Waals surface area (Å²) >= 11 is 12.2. The van der Waals surface area contributed by atoms with Crippen molar-refractivity contribution in [3.8, 4) is 0 Å². The fourth-order valence-electron chi connectivity index (χ4n) is 2.05. The van der Waals surface area contributed by atoms with Gasteiger partial charge in [-0.1, -0.05) is 36.2 Å². The summed E-state index contributed by atoms with van der Waals surface area (Å²) in [5, 5.41) is 9.07. The lowest BCUT2D eigenvalue weighted by Gasteiger charge is -2.18. The zero-order valence-corrected chi connectivity index (χ0v) is 12.5. The zero-order chi connectivity index (χ0) is 13.8. The molecule has 1 atom stereocenters. The van der Waals surface area contributed by atoms with Gasteiger partial charge >= 0.3 is 0 Å². The largest absolute Gasteiger partial charge is 0.306 e. The Morgan fingerprint density at radius 1 is 1.32 bits per heavy atom. The van der Waals surface area contributed by atoms with Gasteiger partial charge in [-0.15, -0.1) is 0 Å². The molecule has 1 aromatic carbocycles. The van der Waals surface area contributed by atoms with Gasteiger partial charge in [-0.25, -0.2) is 0 Å². The lowest BCUT2D eigenvalue weighted by atomic mass is 10.0. The molecule has 0 spiro atoms. The van der Waals surface area contributed by atoms with Gasteiger partial charge in [-0.05, 0) is 31.2 Å². The molecule has 2 rings (SSSR count). The molecule has 1 unspecified atom stereocenters. The lowest BCUT2D eigenvalue weighted by Crippen LogP contribution is -2.22. The van der Waals surface area contributed by atoms with Crippen LogP contribution in [0.2, 0.25) is 10.0 Å². The van der Waals surface area contributed by atoms with Gasteiger partial charge in [0.15, 0.2) is 0 Å². The Bertz CT molecular complexity index is 551. The third-order valence-electron chi connectivity index (χ3n) is 2.99. The lowest BCUT2D eigenvalue weighted by molar-refractivity contribution is 0.625. The van der Waals surface area contributed by atoms with Crippen molar-refractivity contribution in [1.29, 1.82) is 0 Å². The van der Waals surface area contributed by atoms with Crippen LogP contribution in [0.25, 0.3) is 0 Å². The number of aryl methyl sites for hydroxylation is 1. The number of nitrogens with zero attached hydrogens (tertiary/aromatic N) is 2. The quantitative estimate of drug-likeness (QED) is 0.907. The summed E-state index contributed by atoms with van der Waals surface area (Å²) in [6, 6.07) is 5.63. The Labute approximate surface area is 123 Å². The first-order valence-electron chi connectivity index (χ1n) is 6.36. The minimum atomic E-state index is 0.0371. The molecule has 1 aromatic heterocycles. The number of hydrogen-bond donors (Lipinski definition) is 1. The molecule has 0 saturated heterocycles.